The number of aryl methyl sites for hydroxylation is 2. The number of amides is 1. The molecule has 0 saturated carbocycles. The third-order valence-electron chi connectivity index (χ3n) is 8.57. The highest BCUT2D eigenvalue weighted by Gasteiger charge is 2.25. The standard InChI is InChI=1S/C37H39ClN4O/c1-25-6-7-26(2)32(22-25)29-12-17-34-39-35(27-10-15-31(38)16-11-27)33(42(34)23-29)24-40-18-20-41(21-19-40)36(43)28-8-13-30(14-9-28)37(3,4)5/h6-17,22-23H,18-21,24H2,1-5H3. The molecule has 6 heteroatoms. The van der Waals surface area contributed by atoms with Crippen molar-refractivity contribution < 1.29 is 4.79 Å². The molecule has 43 heavy (non-hydrogen) atoms. The first kappa shape index (κ1) is 29.2. The van der Waals surface area contributed by atoms with Gasteiger partial charge < -0.3 is 9.30 Å². The van der Waals surface area contributed by atoms with E-state index in [2.05, 4.69) is 92.6 Å². The Balaban J connectivity index is 1.27. The summed E-state index contributed by atoms with van der Waals surface area (Å²) in [5.41, 5.74) is 11.0. The molecule has 0 spiro atoms. The van der Waals surface area contributed by atoms with Crippen molar-refractivity contribution in [3.63, 3.8) is 0 Å². The van der Waals surface area contributed by atoms with E-state index in [-0.39, 0.29) is 11.3 Å². The van der Waals surface area contributed by atoms with E-state index in [1.165, 1.54) is 27.8 Å². The van der Waals surface area contributed by atoms with Gasteiger partial charge >= 0.3 is 0 Å². The Hall–Kier alpha value is -3.93. The minimum absolute atomic E-state index is 0.0650. The highest BCUT2D eigenvalue weighted by Crippen LogP contribution is 2.31. The summed E-state index contributed by atoms with van der Waals surface area (Å²) in [4.78, 5) is 22.8. The molecule has 0 bridgehead atoms. The second-order valence-corrected chi connectivity index (χ2v) is 13.2. The number of carbonyl (C=O) groups is 1. The van der Waals surface area contributed by atoms with Gasteiger partial charge in [0.05, 0.1) is 11.4 Å². The maximum Gasteiger partial charge on any atom is 0.253 e. The van der Waals surface area contributed by atoms with Crippen LogP contribution in [0, 0.1) is 13.8 Å². The van der Waals surface area contributed by atoms with Crippen LogP contribution in [0.4, 0.5) is 0 Å². The highest BCUT2D eigenvalue weighted by atomic mass is 35.5. The monoisotopic (exact) mass is 590 g/mol. The van der Waals surface area contributed by atoms with Gasteiger partial charge in [0.25, 0.3) is 5.91 Å². The lowest BCUT2D eigenvalue weighted by Crippen LogP contribution is -2.48. The Morgan fingerprint density at radius 3 is 2.19 bits per heavy atom. The van der Waals surface area contributed by atoms with Crippen molar-refractivity contribution in [3.8, 4) is 22.4 Å². The lowest BCUT2D eigenvalue weighted by molar-refractivity contribution is 0.0627. The number of hydrogen-bond acceptors (Lipinski definition) is 3. The molecule has 1 saturated heterocycles. The van der Waals surface area contributed by atoms with Crippen molar-refractivity contribution in [1.29, 1.82) is 0 Å². The van der Waals surface area contributed by atoms with Crippen LogP contribution in [0.3, 0.4) is 0 Å². The van der Waals surface area contributed by atoms with Crippen molar-refractivity contribution in [2.75, 3.05) is 26.2 Å². The zero-order valence-electron chi connectivity index (χ0n) is 25.7. The lowest BCUT2D eigenvalue weighted by atomic mass is 9.86. The van der Waals surface area contributed by atoms with Crippen molar-refractivity contribution in [3.05, 3.63) is 118 Å². The normalized spacial score (nSPS) is 14.4. The molecule has 6 rings (SSSR count). The number of imidazole rings is 1. The largest absolute Gasteiger partial charge is 0.336 e. The van der Waals surface area contributed by atoms with Gasteiger partial charge in [0.2, 0.25) is 0 Å². The van der Waals surface area contributed by atoms with Crippen LogP contribution in [0.1, 0.15) is 53.5 Å². The molecular formula is C37H39ClN4O. The molecule has 1 aliphatic rings. The van der Waals surface area contributed by atoms with E-state index in [4.69, 9.17) is 16.6 Å². The molecule has 5 aromatic rings. The molecule has 220 valence electrons. The second-order valence-electron chi connectivity index (χ2n) is 12.8. The zero-order chi connectivity index (χ0) is 30.3. The fourth-order valence-corrected chi connectivity index (χ4v) is 6.03. The van der Waals surface area contributed by atoms with E-state index in [1.54, 1.807) is 0 Å². The number of piperazine rings is 1. The van der Waals surface area contributed by atoms with E-state index < -0.39 is 0 Å². The Morgan fingerprint density at radius 1 is 0.837 bits per heavy atom. The summed E-state index contributed by atoms with van der Waals surface area (Å²) in [7, 11) is 0. The predicted molar refractivity (Wildman–Crippen MR) is 177 cm³/mol. The maximum atomic E-state index is 13.3. The van der Waals surface area contributed by atoms with Gasteiger partial charge in [-0.05, 0) is 77.9 Å². The number of carbonyl (C=O) groups excluding carboxylic acids is 1. The summed E-state index contributed by atoms with van der Waals surface area (Å²) in [6.07, 6.45) is 2.22. The second kappa shape index (κ2) is 11.6. The van der Waals surface area contributed by atoms with Crippen molar-refractivity contribution in [2.45, 2.75) is 46.6 Å². The van der Waals surface area contributed by atoms with E-state index in [9.17, 15) is 4.79 Å². The third kappa shape index (κ3) is 6.11. The van der Waals surface area contributed by atoms with E-state index >= 15 is 0 Å². The van der Waals surface area contributed by atoms with Crippen LogP contribution in [-0.4, -0.2) is 51.3 Å². The Labute approximate surface area is 259 Å². The minimum atomic E-state index is 0.0650. The molecule has 0 N–H and O–H groups in total. The van der Waals surface area contributed by atoms with Gasteiger partial charge in [0.1, 0.15) is 5.65 Å². The fourth-order valence-electron chi connectivity index (χ4n) is 5.91. The lowest BCUT2D eigenvalue weighted by Gasteiger charge is -2.35. The van der Waals surface area contributed by atoms with Crippen LogP contribution in [0.2, 0.25) is 5.02 Å². The molecule has 1 fully saturated rings. The number of pyridine rings is 1. The van der Waals surface area contributed by atoms with Gasteiger partial charge in [-0.15, -0.1) is 0 Å². The quantitative estimate of drug-likeness (QED) is 0.207. The van der Waals surface area contributed by atoms with E-state index in [0.29, 0.717) is 18.1 Å². The van der Waals surface area contributed by atoms with Gasteiger partial charge in [-0.25, -0.2) is 4.98 Å². The fraction of sp³-hybridized carbons (Fsp3) is 0.297. The molecule has 1 aliphatic heterocycles. The molecular weight excluding hydrogens is 552 g/mol. The first-order valence-corrected chi connectivity index (χ1v) is 15.4. The van der Waals surface area contributed by atoms with Gasteiger partial charge in [0, 0.05) is 55.1 Å². The Bertz CT molecular complexity index is 1770. The summed E-state index contributed by atoms with van der Waals surface area (Å²) < 4.78 is 2.25. The van der Waals surface area contributed by atoms with Crippen molar-refractivity contribution in [1.82, 2.24) is 19.2 Å². The van der Waals surface area contributed by atoms with Gasteiger partial charge in [-0.2, -0.15) is 0 Å². The van der Waals surface area contributed by atoms with Gasteiger partial charge in [0.15, 0.2) is 0 Å². The molecule has 3 aromatic carbocycles. The van der Waals surface area contributed by atoms with Crippen LogP contribution in [0.15, 0.2) is 85.1 Å². The van der Waals surface area contributed by atoms with E-state index in [0.717, 1.165) is 47.8 Å². The number of halogens is 1. The minimum Gasteiger partial charge on any atom is -0.336 e. The number of rotatable bonds is 5. The molecule has 1 amide bonds. The van der Waals surface area contributed by atoms with Crippen molar-refractivity contribution in [2.24, 2.45) is 0 Å². The SMILES string of the molecule is Cc1ccc(C)c(-c2ccc3nc(-c4ccc(Cl)cc4)c(CN4CCN(C(=O)c5ccc(C(C)(C)C)cc5)CC4)n3c2)c1. The molecule has 0 atom stereocenters. The molecule has 3 heterocycles. The Kier molecular flexibility index (Phi) is 7.89. The average Bonchev–Trinajstić information content (AvgIpc) is 3.35. The van der Waals surface area contributed by atoms with E-state index in [1.807, 2.05) is 41.3 Å². The number of fused-ring (bicyclic) bond motifs is 1. The first-order valence-electron chi connectivity index (χ1n) is 15.0. The van der Waals surface area contributed by atoms with Crippen LogP contribution >= 0.6 is 11.6 Å². The molecule has 5 nitrogen and oxygen atoms in total. The van der Waals surface area contributed by atoms with Crippen LogP contribution in [0.25, 0.3) is 28.0 Å². The third-order valence-corrected chi connectivity index (χ3v) is 8.82. The predicted octanol–water partition coefficient (Wildman–Crippen LogP) is 8.19. The summed E-state index contributed by atoms with van der Waals surface area (Å²) >= 11 is 6.23. The average molecular weight is 591 g/mol. The summed E-state index contributed by atoms with van der Waals surface area (Å²) in [5, 5.41) is 0.708. The van der Waals surface area contributed by atoms with Crippen LogP contribution in [-0.2, 0) is 12.0 Å². The van der Waals surface area contributed by atoms with Gasteiger partial charge in [-0.1, -0.05) is 80.4 Å². The highest BCUT2D eigenvalue weighted by molar-refractivity contribution is 6.30. The summed E-state index contributed by atoms with van der Waals surface area (Å²) in [5.74, 6) is 0.106. The zero-order valence-corrected chi connectivity index (χ0v) is 26.4. The number of aromatic nitrogens is 2. The smallest absolute Gasteiger partial charge is 0.253 e. The maximum absolute atomic E-state index is 13.3. The van der Waals surface area contributed by atoms with Crippen molar-refractivity contribution >= 4 is 23.2 Å². The number of benzene rings is 3. The summed E-state index contributed by atoms with van der Waals surface area (Å²) in [6.45, 7) is 14.6. The molecule has 0 radical (unpaired) electrons. The number of hydrogen-bond donors (Lipinski definition) is 0. The topological polar surface area (TPSA) is 40.9 Å². The molecule has 0 unspecified atom stereocenters. The number of nitrogens with zero attached hydrogens (tertiary/aromatic N) is 4. The molecule has 2 aromatic heterocycles. The van der Waals surface area contributed by atoms with Crippen LogP contribution < -0.4 is 0 Å². The molecule has 0 aliphatic carbocycles. The first-order chi connectivity index (χ1) is 20.6. The van der Waals surface area contributed by atoms with Gasteiger partial charge in [-0.3, -0.25) is 9.69 Å². The van der Waals surface area contributed by atoms with Crippen LogP contribution in [0.5, 0.6) is 0 Å². The Morgan fingerprint density at radius 2 is 1.51 bits per heavy atom. The summed E-state index contributed by atoms with van der Waals surface area (Å²) in [6, 6.07) is 26.9.